The molecule has 3 rings (SSSR count). The van der Waals surface area contributed by atoms with Crippen LogP contribution in [0.3, 0.4) is 0 Å². The zero-order valence-corrected chi connectivity index (χ0v) is 20.4. The molecule has 6 heteroatoms. The fraction of sp³-hybridized carbons (Fsp3) is 0.407. The van der Waals surface area contributed by atoms with Crippen molar-refractivity contribution >= 4 is 11.9 Å². The molecular weight excluding hydrogens is 418 g/mol. The smallest absolute Gasteiger partial charge is 0.307 e. The average Bonchev–Trinajstić information content (AvgIpc) is 3.48. The third-order valence-corrected chi connectivity index (χ3v) is 6.48. The molecule has 6 nitrogen and oxygen atoms in total. The predicted octanol–water partition coefficient (Wildman–Crippen LogP) is 5.60. The second kappa shape index (κ2) is 10.6. The van der Waals surface area contributed by atoms with Crippen LogP contribution in [0.1, 0.15) is 68.8 Å². The lowest BCUT2D eigenvalue weighted by Crippen LogP contribution is -2.32. The molecule has 0 radical (unpaired) electrons. The molecule has 0 fully saturated rings. The van der Waals surface area contributed by atoms with Gasteiger partial charge in [-0.05, 0) is 99.2 Å². The molecule has 1 aromatic carbocycles. The summed E-state index contributed by atoms with van der Waals surface area (Å²) in [4.78, 5) is 26.6. The van der Waals surface area contributed by atoms with Gasteiger partial charge in [0, 0.05) is 13.0 Å². The van der Waals surface area contributed by atoms with Crippen LogP contribution in [0, 0.1) is 34.6 Å². The van der Waals surface area contributed by atoms with Gasteiger partial charge in [0.25, 0.3) is 5.91 Å². The van der Waals surface area contributed by atoms with Crippen LogP contribution >= 0.6 is 0 Å². The lowest BCUT2D eigenvalue weighted by molar-refractivity contribution is -0.143. The quantitative estimate of drug-likeness (QED) is 0.396. The Balaban J connectivity index is 1.80. The van der Waals surface area contributed by atoms with Gasteiger partial charge in [0.2, 0.25) is 0 Å². The SMILES string of the molecule is CCOC(=O)CCN(Cc1ccco1)C(=O)c1ccc(Cc2c(C)c(C)c(C)c(C)c2C)o1. The number of carbonyl (C=O) groups is 2. The van der Waals surface area contributed by atoms with Crippen LogP contribution in [0.2, 0.25) is 0 Å². The molecule has 0 aliphatic carbocycles. The van der Waals surface area contributed by atoms with E-state index in [9.17, 15) is 9.59 Å². The topological polar surface area (TPSA) is 72.9 Å². The van der Waals surface area contributed by atoms with Crippen molar-refractivity contribution in [2.75, 3.05) is 13.2 Å². The number of ether oxygens (including phenoxy) is 1. The van der Waals surface area contributed by atoms with Crippen LogP contribution < -0.4 is 0 Å². The van der Waals surface area contributed by atoms with E-state index in [1.54, 1.807) is 36.3 Å². The minimum absolute atomic E-state index is 0.105. The van der Waals surface area contributed by atoms with E-state index in [-0.39, 0.29) is 37.1 Å². The van der Waals surface area contributed by atoms with Crippen molar-refractivity contribution in [2.45, 2.75) is 60.9 Å². The van der Waals surface area contributed by atoms with Crippen molar-refractivity contribution in [3.8, 4) is 0 Å². The molecule has 0 saturated heterocycles. The van der Waals surface area contributed by atoms with Crippen LogP contribution in [0.25, 0.3) is 0 Å². The number of benzene rings is 1. The molecule has 33 heavy (non-hydrogen) atoms. The molecule has 2 heterocycles. The molecule has 0 aliphatic rings. The fourth-order valence-corrected chi connectivity index (χ4v) is 4.06. The van der Waals surface area contributed by atoms with E-state index in [0.717, 1.165) is 5.76 Å². The van der Waals surface area contributed by atoms with Gasteiger partial charge in [0.1, 0.15) is 11.5 Å². The molecule has 2 aromatic heterocycles. The largest absolute Gasteiger partial charge is 0.467 e. The van der Waals surface area contributed by atoms with E-state index in [2.05, 4.69) is 34.6 Å². The molecule has 0 atom stereocenters. The minimum Gasteiger partial charge on any atom is -0.467 e. The van der Waals surface area contributed by atoms with E-state index in [4.69, 9.17) is 13.6 Å². The Morgan fingerprint density at radius 1 is 0.909 bits per heavy atom. The Morgan fingerprint density at radius 3 is 2.18 bits per heavy atom. The summed E-state index contributed by atoms with van der Waals surface area (Å²) in [5, 5.41) is 0. The molecule has 0 saturated carbocycles. The highest BCUT2D eigenvalue weighted by Crippen LogP contribution is 2.28. The van der Waals surface area contributed by atoms with E-state index in [0.29, 0.717) is 18.8 Å². The van der Waals surface area contributed by atoms with Crippen LogP contribution in [-0.4, -0.2) is 29.9 Å². The van der Waals surface area contributed by atoms with E-state index < -0.39 is 0 Å². The summed E-state index contributed by atoms with van der Waals surface area (Å²) in [5.74, 6) is 0.986. The maximum Gasteiger partial charge on any atom is 0.307 e. The first-order valence-electron chi connectivity index (χ1n) is 11.3. The number of nitrogens with zero attached hydrogens (tertiary/aromatic N) is 1. The third-order valence-electron chi connectivity index (χ3n) is 6.48. The number of hydrogen-bond donors (Lipinski definition) is 0. The summed E-state index contributed by atoms with van der Waals surface area (Å²) in [6.45, 7) is 13.2. The van der Waals surface area contributed by atoms with Crippen LogP contribution in [0.5, 0.6) is 0 Å². The maximum absolute atomic E-state index is 13.2. The zero-order valence-electron chi connectivity index (χ0n) is 20.4. The summed E-state index contributed by atoms with van der Waals surface area (Å²) in [7, 11) is 0. The van der Waals surface area contributed by atoms with Crippen LogP contribution in [-0.2, 0) is 22.5 Å². The fourth-order valence-electron chi connectivity index (χ4n) is 4.06. The highest BCUT2D eigenvalue weighted by atomic mass is 16.5. The molecule has 3 aromatic rings. The molecule has 0 aliphatic heterocycles. The molecular formula is C27H33NO5. The van der Waals surface area contributed by atoms with Crippen molar-refractivity contribution in [1.29, 1.82) is 0 Å². The molecule has 176 valence electrons. The van der Waals surface area contributed by atoms with E-state index >= 15 is 0 Å². The summed E-state index contributed by atoms with van der Waals surface area (Å²) in [6, 6.07) is 7.12. The standard InChI is InChI=1S/C27H33NO5/c1-7-31-26(29)12-13-28(16-23-9-8-14-32-23)27(30)25-11-10-22(33-25)15-24-20(5)18(3)17(2)19(4)21(24)6/h8-11,14H,7,12-13,15-16H2,1-6H3. The highest BCUT2D eigenvalue weighted by molar-refractivity contribution is 5.91. The zero-order chi connectivity index (χ0) is 24.1. The number of esters is 1. The number of furan rings is 2. The molecule has 0 unspecified atom stereocenters. The van der Waals surface area contributed by atoms with Crippen LogP contribution in [0.4, 0.5) is 0 Å². The van der Waals surface area contributed by atoms with Crippen molar-refractivity contribution in [2.24, 2.45) is 0 Å². The Labute approximate surface area is 195 Å². The molecule has 0 spiro atoms. The highest BCUT2D eigenvalue weighted by Gasteiger charge is 2.22. The first-order valence-corrected chi connectivity index (χ1v) is 11.3. The van der Waals surface area contributed by atoms with Gasteiger partial charge >= 0.3 is 5.97 Å². The summed E-state index contributed by atoms with van der Waals surface area (Å²) < 4.78 is 16.4. The summed E-state index contributed by atoms with van der Waals surface area (Å²) in [5.41, 5.74) is 7.65. The molecule has 1 amide bonds. The summed E-state index contributed by atoms with van der Waals surface area (Å²) in [6.07, 6.45) is 2.28. The van der Waals surface area contributed by atoms with Crippen molar-refractivity contribution in [3.05, 3.63) is 81.2 Å². The van der Waals surface area contributed by atoms with E-state index in [1.165, 1.54) is 33.4 Å². The van der Waals surface area contributed by atoms with Gasteiger partial charge in [-0.3, -0.25) is 9.59 Å². The normalized spacial score (nSPS) is 11.0. The number of carbonyl (C=O) groups excluding carboxylic acids is 2. The second-order valence-corrected chi connectivity index (χ2v) is 8.41. The minimum atomic E-state index is -0.342. The lowest BCUT2D eigenvalue weighted by Gasteiger charge is -2.20. The Bertz CT molecular complexity index is 1090. The first kappa shape index (κ1) is 24.4. The van der Waals surface area contributed by atoms with Gasteiger partial charge in [0.15, 0.2) is 5.76 Å². The van der Waals surface area contributed by atoms with Crippen molar-refractivity contribution < 1.29 is 23.2 Å². The van der Waals surface area contributed by atoms with Gasteiger partial charge < -0.3 is 18.5 Å². The van der Waals surface area contributed by atoms with Crippen LogP contribution in [0.15, 0.2) is 39.4 Å². The van der Waals surface area contributed by atoms with E-state index in [1.807, 2.05) is 6.07 Å². The Hall–Kier alpha value is -3.28. The number of hydrogen-bond acceptors (Lipinski definition) is 5. The van der Waals surface area contributed by atoms with Gasteiger partial charge in [0.05, 0.1) is 25.8 Å². The molecule has 0 bridgehead atoms. The third kappa shape index (κ3) is 5.56. The predicted molar refractivity (Wildman–Crippen MR) is 126 cm³/mol. The number of rotatable bonds is 9. The van der Waals surface area contributed by atoms with Gasteiger partial charge in [-0.2, -0.15) is 0 Å². The Morgan fingerprint density at radius 2 is 1.58 bits per heavy atom. The lowest BCUT2D eigenvalue weighted by atomic mass is 9.88. The second-order valence-electron chi connectivity index (χ2n) is 8.41. The average molecular weight is 452 g/mol. The number of amides is 1. The monoisotopic (exact) mass is 451 g/mol. The maximum atomic E-state index is 13.2. The van der Waals surface area contributed by atoms with Crippen molar-refractivity contribution in [1.82, 2.24) is 4.90 Å². The summed E-state index contributed by atoms with van der Waals surface area (Å²) >= 11 is 0. The van der Waals surface area contributed by atoms with Crippen molar-refractivity contribution in [3.63, 3.8) is 0 Å². The van der Waals surface area contributed by atoms with Gasteiger partial charge in [-0.25, -0.2) is 0 Å². The molecule has 0 N–H and O–H groups in total. The first-order chi connectivity index (χ1) is 15.7. The Kier molecular flexibility index (Phi) is 7.79. The van der Waals surface area contributed by atoms with Gasteiger partial charge in [-0.15, -0.1) is 0 Å². The van der Waals surface area contributed by atoms with Gasteiger partial charge in [-0.1, -0.05) is 0 Å².